The van der Waals surface area contributed by atoms with E-state index in [-0.39, 0.29) is 11.7 Å². The van der Waals surface area contributed by atoms with Gasteiger partial charge in [-0.3, -0.25) is 9.69 Å². The van der Waals surface area contributed by atoms with Gasteiger partial charge >= 0.3 is 0 Å². The standard InChI is InChI=1S/C15H22FN3O/c1-10(2)19-5-4-15(9-19,14(17)20)18-13-7-11(3)6-12(16)8-13/h6-8,10,18H,4-5,9H2,1-3H3,(H2,17,20). The number of halogens is 1. The summed E-state index contributed by atoms with van der Waals surface area (Å²) in [4.78, 5) is 14.1. The number of amides is 1. The van der Waals surface area contributed by atoms with Crippen molar-refractivity contribution in [3.05, 3.63) is 29.6 Å². The van der Waals surface area contributed by atoms with Crippen molar-refractivity contribution in [3.63, 3.8) is 0 Å². The van der Waals surface area contributed by atoms with Crippen molar-refractivity contribution in [2.45, 2.75) is 38.8 Å². The van der Waals surface area contributed by atoms with E-state index in [1.807, 2.05) is 13.0 Å². The molecule has 5 heteroatoms. The Morgan fingerprint density at radius 3 is 2.65 bits per heavy atom. The number of nitrogens with one attached hydrogen (secondary N) is 1. The van der Waals surface area contributed by atoms with Crippen LogP contribution in [0.4, 0.5) is 10.1 Å². The molecule has 1 atom stereocenters. The van der Waals surface area contributed by atoms with Gasteiger partial charge < -0.3 is 11.1 Å². The summed E-state index contributed by atoms with van der Waals surface area (Å²) in [6.07, 6.45) is 0.635. The van der Waals surface area contributed by atoms with Gasteiger partial charge in [0, 0.05) is 24.8 Å². The van der Waals surface area contributed by atoms with Gasteiger partial charge in [0.1, 0.15) is 11.4 Å². The zero-order valence-electron chi connectivity index (χ0n) is 12.2. The Morgan fingerprint density at radius 1 is 1.45 bits per heavy atom. The normalized spacial score (nSPS) is 23.2. The lowest BCUT2D eigenvalue weighted by Crippen LogP contribution is -2.53. The number of hydrogen-bond donors (Lipinski definition) is 2. The highest BCUT2D eigenvalue weighted by Crippen LogP contribution is 2.28. The molecule has 20 heavy (non-hydrogen) atoms. The van der Waals surface area contributed by atoms with E-state index in [1.165, 1.54) is 12.1 Å². The molecular formula is C15H22FN3O. The van der Waals surface area contributed by atoms with Crippen LogP contribution < -0.4 is 11.1 Å². The fourth-order valence-electron chi connectivity index (χ4n) is 2.73. The molecule has 1 amide bonds. The lowest BCUT2D eigenvalue weighted by Gasteiger charge is -2.29. The molecule has 4 nitrogen and oxygen atoms in total. The molecule has 0 bridgehead atoms. The molecule has 0 aromatic heterocycles. The Kier molecular flexibility index (Phi) is 3.99. The quantitative estimate of drug-likeness (QED) is 0.885. The summed E-state index contributed by atoms with van der Waals surface area (Å²) >= 11 is 0. The SMILES string of the molecule is Cc1cc(F)cc(NC2(C(N)=O)CCN(C(C)C)C2)c1. The molecule has 0 radical (unpaired) electrons. The van der Waals surface area contributed by atoms with Gasteiger partial charge in [-0.2, -0.15) is 0 Å². The third kappa shape index (κ3) is 2.93. The van der Waals surface area contributed by atoms with Crippen LogP contribution in [0.1, 0.15) is 25.8 Å². The molecule has 110 valence electrons. The second-order valence-electron chi connectivity index (χ2n) is 5.90. The van der Waals surface area contributed by atoms with E-state index < -0.39 is 5.54 Å². The molecule has 1 aliphatic heterocycles. The fraction of sp³-hybridized carbons (Fsp3) is 0.533. The first kappa shape index (κ1) is 14.8. The highest BCUT2D eigenvalue weighted by Gasteiger charge is 2.44. The molecule has 0 saturated carbocycles. The molecule has 2 rings (SSSR count). The number of hydrogen-bond acceptors (Lipinski definition) is 3. The van der Waals surface area contributed by atoms with Crippen molar-refractivity contribution in [2.75, 3.05) is 18.4 Å². The number of nitrogens with zero attached hydrogens (tertiary/aromatic N) is 1. The van der Waals surface area contributed by atoms with Crippen LogP contribution in [0.3, 0.4) is 0 Å². The highest BCUT2D eigenvalue weighted by molar-refractivity contribution is 5.88. The van der Waals surface area contributed by atoms with Crippen LogP contribution in [0.25, 0.3) is 0 Å². The van der Waals surface area contributed by atoms with Crippen LogP contribution in [0.15, 0.2) is 18.2 Å². The second kappa shape index (κ2) is 5.40. The molecule has 3 N–H and O–H groups in total. The van der Waals surface area contributed by atoms with E-state index in [4.69, 9.17) is 5.73 Å². The smallest absolute Gasteiger partial charge is 0.244 e. The molecule has 1 unspecified atom stereocenters. The van der Waals surface area contributed by atoms with E-state index in [0.717, 1.165) is 12.1 Å². The zero-order valence-corrected chi connectivity index (χ0v) is 12.2. The molecule has 0 aliphatic carbocycles. The van der Waals surface area contributed by atoms with Crippen LogP contribution >= 0.6 is 0 Å². The number of primary amides is 1. The topological polar surface area (TPSA) is 58.4 Å². The molecule has 0 spiro atoms. The van der Waals surface area contributed by atoms with Crippen molar-refractivity contribution >= 4 is 11.6 Å². The minimum absolute atomic E-state index is 0.314. The number of aryl methyl sites for hydroxylation is 1. The van der Waals surface area contributed by atoms with Crippen LogP contribution in [0, 0.1) is 12.7 Å². The van der Waals surface area contributed by atoms with Gasteiger partial charge in [-0.05, 0) is 51.0 Å². The van der Waals surface area contributed by atoms with E-state index in [0.29, 0.717) is 24.7 Å². The maximum Gasteiger partial charge on any atom is 0.244 e. The number of nitrogens with two attached hydrogens (primary N) is 1. The Balaban J connectivity index is 2.25. The van der Waals surface area contributed by atoms with Gasteiger partial charge in [0.25, 0.3) is 0 Å². The largest absolute Gasteiger partial charge is 0.370 e. The Labute approximate surface area is 119 Å². The van der Waals surface area contributed by atoms with Gasteiger partial charge in [-0.1, -0.05) is 0 Å². The fourth-order valence-corrected chi connectivity index (χ4v) is 2.73. The summed E-state index contributed by atoms with van der Waals surface area (Å²) in [7, 11) is 0. The van der Waals surface area contributed by atoms with E-state index in [1.54, 1.807) is 0 Å². The zero-order chi connectivity index (χ0) is 14.9. The third-order valence-electron chi connectivity index (χ3n) is 3.93. The monoisotopic (exact) mass is 279 g/mol. The molecule has 1 aromatic carbocycles. The lowest BCUT2D eigenvalue weighted by molar-refractivity contribution is -0.122. The first-order valence-corrected chi connectivity index (χ1v) is 6.92. The summed E-state index contributed by atoms with van der Waals surface area (Å²) in [5.74, 6) is -0.701. The second-order valence-corrected chi connectivity index (χ2v) is 5.90. The number of carbonyl (C=O) groups excluding carboxylic acids is 1. The molecule has 1 aliphatic rings. The van der Waals surface area contributed by atoms with Crippen molar-refractivity contribution < 1.29 is 9.18 Å². The summed E-state index contributed by atoms with van der Waals surface area (Å²) in [5.41, 5.74) is 6.20. The molecule has 1 fully saturated rings. The van der Waals surface area contributed by atoms with E-state index in [2.05, 4.69) is 24.1 Å². The van der Waals surface area contributed by atoms with Gasteiger partial charge in [-0.25, -0.2) is 4.39 Å². The molecule has 1 heterocycles. The summed E-state index contributed by atoms with van der Waals surface area (Å²) in [5, 5.41) is 3.16. The molecule has 1 saturated heterocycles. The maximum absolute atomic E-state index is 13.5. The summed E-state index contributed by atoms with van der Waals surface area (Å²) in [6.45, 7) is 7.35. The maximum atomic E-state index is 13.5. The average molecular weight is 279 g/mol. The van der Waals surface area contributed by atoms with Crippen LogP contribution in [0.2, 0.25) is 0 Å². The van der Waals surface area contributed by atoms with Crippen molar-refractivity contribution in [2.24, 2.45) is 5.73 Å². The van der Waals surface area contributed by atoms with Gasteiger partial charge in [0.05, 0.1) is 0 Å². The van der Waals surface area contributed by atoms with Gasteiger partial charge in [0.15, 0.2) is 0 Å². The van der Waals surface area contributed by atoms with Crippen molar-refractivity contribution in [1.82, 2.24) is 4.90 Å². The highest BCUT2D eigenvalue weighted by atomic mass is 19.1. The predicted octanol–water partition coefficient (Wildman–Crippen LogP) is 1.88. The molecular weight excluding hydrogens is 257 g/mol. The van der Waals surface area contributed by atoms with Crippen LogP contribution in [-0.4, -0.2) is 35.5 Å². The average Bonchev–Trinajstić information content (AvgIpc) is 2.73. The number of rotatable bonds is 4. The lowest BCUT2D eigenvalue weighted by atomic mass is 9.97. The Bertz CT molecular complexity index is 498. The number of benzene rings is 1. The number of likely N-dealkylation sites (tertiary alicyclic amines) is 1. The Hall–Kier alpha value is -1.62. The first-order valence-electron chi connectivity index (χ1n) is 6.92. The van der Waals surface area contributed by atoms with Gasteiger partial charge in [-0.15, -0.1) is 0 Å². The van der Waals surface area contributed by atoms with Crippen molar-refractivity contribution in [1.29, 1.82) is 0 Å². The van der Waals surface area contributed by atoms with E-state index >= 15 is 0 Å². The van der Waals surface area contributed by atoms with E-state index in [9.17, 15) is 9.18 Å². The van der Waals surface area contributed by atoms with Crippen molar-refractivity contribution in [3.8, 4) is 0 Å². The summed E-state index contributed by atoms with van der Waals surface area (Å²) < 4.78 is 13.5. The Morgan fingerprint density at radius 2 is 2.15 bits per heavy atom. The number of anilines is 1. The van der Waals surface area contributed by atoms with Gasteiger partial charge in [0.2, 0.25) is 5.91 Å². The van der Waals surface area contributed by atoms with Crippen LogP contribution in [0.5, 0.6) is 0 Å². The first-order chi connectivity index (χ1) is 9.32. The third-order valence-corrected chi connectivity index (χ3v) is 3.93. The predicted molar refractivity (Wildman–Crippen MR) is 78.0 cm³/mol. The summed E-state index contributed by atoms with van der Waals surface area (Å²) in [6, 6.07) is 5.03. The minimum Gasteiger partial charge on any atom is -0.370 e. The number of carbonyl (C=O) groups is 1. The minimum atomic E-state index is -0.815. The molecule has 1 aromatic rings. The van der Waals surface area contributed by atoms with Crippen LogP contribution in [-0.2, 0) is 4.79 Å².